The second-order valence-corrected chi connectivity index (χ2v) is 3.58. The lowest BCUT2D eigenvalue weighted by molar-refractivity contribution is 1.05. The van der Waals surface area contributed by atoms with Crippen LogP contribution in [0.4, 0.5) is 11.5 Å². The standard InChI is InChI=1S/C10H8ClN5/c1-6-9(5-13-16-6)15-10-3-2-7(11)8(4-12)14-10/h2-3,5H,1H3,(H,13,16)(H,14,15). The van der Waals surface area contributed by atoms with E-state index < -0.39 is 0 Å². The fourth-order valence-corrected chi connectivity index (χ4v) is 1.35. The number of nitriles is 1. The molecule has 0 aliphatic rings. The lowest BCUT2D eigenvalue weighted by atomic mass is 10.3. The van der Waals surface area contributed by atoms with Crippen LogP contribution in [-0.2, 0) is 0 Å². The van der Waals surface area contributed by atoms with Gasteiger partial charge in [0.05, 0.1) is 22.6 Å². The zero-order valence-electron chi connectivity index (χ0n) is 8.45. The molecule has 0 unspecified atom stereocenters. The lowest BCUT2D eigenvalue weighted by Crippen LogP contribution is -1.96. The molecule has 0 atom stereocenters. The van der Waals surface area contributed by atoms with Crippen molar-refractivity contribution in [2.24, 2.45) is 0 Å². The van der Waals surface area contributed by atoms with Crippen LogP contribution in [0, 0.1) is 18.3 Å². The van der Waals surface area contributed by atoms with Crippen molar-refractivity contribution < 1.29 is 0 Å². The molecule has 2 aromatic heterocycles. The lowest BCUT2D eigenvalue weighted by Gasteiger charge is -2.04. The molecule has 0 saturated heterocycles. The van der Waals surface area contributed by atoms with E-state index in [0.29, 0.717) is 10.8 Å². The van der Waals surface area contributed by atoms with Crippen molar-refractivity contribution in [2.45, 2.75) is 6.92 Å². The van der Waals surface area contributed by atoms with Gasteiger partial charge >= 0.3 is 0 Å². The maximum atomic E-state index is 8.78. The summed E-state index contributed by atoms with van der Waals surface area (Å²) in [6.45, 7) is 1.89. The number of rotatable bonds is 2. The summed E-state index contributed by atoms with van der Waals surface area (Å²) in [4.78, 5) is 4.06. The third-order valence-corrected chi connectivity index (χ3v) is 2.35. The Bertz CT molecular complexity index is 555. The fourth-order valence-electron chi connectivity index (χ4n) is 1.20. The molecule has 2 heterocycles. The fraction of sp³-hybridized carbons (Fsp3) is 0.100. The highest BCUT2D eigenvalue weighted by atomic mass is 35.5. The number of H-pyrrole nitrogens is 1. The van der Waals surface area contributed by atoms with E-state index in [9.17, 15) is 0 Å². The summed E-state index contributed by atoms with van der Waals surface area (Å²) in [6.07, 6.45) is 1.65. The number of pyridine rings is 1. The number of hydrogen-bond acceptors (Lipinski definition) is 4. The Hall–Kier alpha value is -2.06. The second-order valence-electron chi connectivity index (χ2n) is 3.17. The first kappa shape index (κ1) is 10.5. The number of aryl methyl sites for hydroxylation is 1. The van der Waals surface area contributed by atoms with Gasteiger partial charge in [0, 0.05) is 0 Å². The topological polar surface area (TPSA) is 77.4 Å². The Labute approximate surface area is 97.1 Å². The van der Waals surface area contributed by atoms with Crippen LogP contribution in [-0.4, -0.2) is 15.2 Å². The van der Waals surface area contributed by atoms with Gasteiger partial charge in [0.15, 0.2) is 5.69 Å². The van der Waals surface area contributed by atoms with Gasteiger partial charge < -0.3 is 5.32 Å². The van der Waals surface area contributed by atoms with Gasteiger partial charge in [-0.3, -0.25) is 5.10 Å². The average molecular weight is 234 g/mol. The predicted molar refractivity (Wildman–Crippen MR) is 60.6 cm³/mol. The number of nitrogens with one attached hydrogen (secondary N) is 2. The SMILES string of the molecule is Cc1[nH]ncc1Nc1ccc(Cl)c(C#N)n1. The quantitative estimate of drug-likeness (QED) is 0.835. The average Bonchev–Trinajstić information content (AvgIpc) is 2.67. The molecule has 0 aliphatic carbocycles. The van der Waals surface area contributed by atoms with Gasteiger partial charge in [-0.1, -0.05) is 11.6 Å². The summed E-state index contributed by atoms with van der Waals surface area (Å²) in [6, 6.07) is 5.26. The molecule has 0 aromatic carbocycles. The maximum Gasteiger partial charge on any atom is 0.161 e. The monoisotopic (exact) mass is 233 g/mol. The number of aromatic amines is 1. The Morgan fingerprint density at radius 2 is 2.31 bits per heavy atom. The largest absolute Gasteiger partial charge is 0.337 e. The van der Waals surface area contributed by atoms with E-state index in [1.807, 2.05) is 13.0 Å². The molecule has 5 nitrogen and oxygen atoms in total. The normalized spacial score (nSPS) is 9.81. The predicted octanol–water partition coefficient (Wildman–Crippen LogP) is 2.38. The van der Waals surface area contributed by atoms with E-state index in [4.69, 9.17) is 16.9 Å². The number of anilines is 2. The van der Waals surface area contributed by atoms with Crippen LogP contribution >= 0.6 is 11.6 Å². The minimum atomic E-state index is 0.202. The maximum absolute atomic E-state index is 8.78. The summed E-state index contributed by atoms with van der Waals surface area (Å²) in [5.41, 5.74) is 1.92. The van der Waals surface area contributed by atoms with Crippen LogP contribution in [0.15, 0.2) is 18.3 Å². The number of aromatic nitrogens is 3. The van der Waals surface area contributed by atoms with Crippen molar-refractivity contribution in [2.75, 3.05) is 5.32 Å². The van der Waals surface area contributed by atoms with Gasteiger partial charge in [0.25, 0.3) is 0 Å². The summed E-state index contributed by atoms with van der Waals surface area (Å²) in [7, 11) is 0. The molecule has 2 rings (SSSR count). The summed E-state index contributed by atoms with van der Waals surface area (Å²) in [5.74, 6) is 0.561. The summed E-state index contributed by atoms with van der Waals surface area (Å²) < 4.78 is 0. The molecule has 0 bridgehead atoms. The first-order valence-electron chi connectivity index (χ1n) is 4.54. The van der Waals surface area contributed by atoms with Gasteiger partial charge in [-0.15, -0.1) is 0 Å². The molecular weight excluding hydrogens is 226 g/mol. The smallest absolute Gasteiger partial charge is 0.161 e. The van der Waals surface area contributed by atoms with Gasteiger partial charge in [-0.25, -0.2) is 4.98 Å². The van der Waals surface area contributed by atoms with Crippen molar-refractivity contribution in [3.8, 4) is 6.07 Å². The van der Waals surface area contributed by atoms with E-state index in [1.54, 1.807) is 18.3 Å². The van der Waals surface area contributed by atoms with Gasteiger partial charge in [-0.2, -0.15) is 10.4 Å². The van der Waals surface area contributed by atoms with Crippen molar-refractivity contribution >= 4 is 23.1 Å². The zero-order valence-corrected chi connectivity index (χ0v) is 9.21. The molecular formula is C10H8ClN5. The molecule has 0 amide bonds. The molecule has 80 valence electrons. The number of halogens is 1. The summed E-state index contributed by atoms with van der Waals surface area (Å²) >= 11 is 5.78. The first-order valence-corrected chi connectivity index (χ1v) is 4.92. The van der Waals surface area contributed by atoms with Crippen LogP contribution < -0.4 is 5.32 Å². The van der Waals surface area contributed by atoms with E-state index in [1.165, 1.54) is 0 Å². The Balaban J connectivity index is 2.30. The molecule has 0 radical (unpaired) electrons. The molecule has 6 heteroatoms. The minimum absolute atomic E-state index is 0.202. The van der Waals surface area contributed by atoms with Crippen molar-refractivity contribution in [3.05, 3.63) is 34.7 Å². The molecule has 2 N–H and O–H groups in total. The Morgan fingerprint density at radius 1 is 1.50 bits per heavy atom. The van der Waals surface area contributed by atoms with Crippen molar-refractivity contribution in [3.63, 3.8) is 0 Å². The number of hydrogen-bond donors (Lipinski definition) is 2. The third kappa shape index (κ3) is 1.97. The Morgan fingerprint density at radius 3 is 2.94 bits per heavy atom. The van der Waals surface area contributed by atoms with E-state index in [0.717, 1.165) is 11.4 Å². The van der Waals surface area contributed by atoms with Gasteiger partial charge in [0.1, 0.15) is 11.9 Å². The highest BCUT2D eigenvalue weighted by Gasteiger charge is 2.05. The number of nitrogens with zero attached hydrogens (tertiary/aromatic N) is 3. The van der Waals surface area contributed by atoms with E-state index in [-0.39, 0.29) is 5.69 Å². The Kier molecular flexibility index (Phi) is 2.75. The van der Waals surface area contributed by atoms with Gasteiger partial charge in [-0.05, 0) is 19.1 Å². The first-order chi connectivity index (χ1) is 7.70. The van der Waals surface area contributed by atoms with Crippen LogP contribution in [0.3, 0.4) is 0 Å². The van der Waals surface area contributed by atoms with E-state index >= 15 is 0 Å². The van der Waals surface area contributed by atoms with Crippen molar-refractivity contribution in [1.82, 2.24) is 15.2 Å². The molecule has 0 fully saturated rings. The van der Waals surface area contributed by atoms with Crippen LogP contribution in [0.1, 0.15) is 11.4 Å². The zero-order chi connectivity index (χ0) is 11.5. The third-order valence-electron chi connectivity index (χ3n) is 2.04. The molecule has 2 aromatic rings. The molecule has 0 aliphatic heterocycles. The second kappa shape index (κ2) is 4.21. The van der Waals surface area contributed by atoms with Crippen LogP contribution in [0.5, 0.6) is 0 Å². The van der Waals surface area contributed by atoms with Crippen molar-refractivity contribution in [1.29, 1.82) is 5.26 Å². The molecule has 0 saturated carbocycles. The minimum Gasteiger partial charge on any atom is -0.337 e. The van der Waals surface area contributed by atoms with Crippen LogP contribution in [0.2, 0.25) is 5.02 Å². The highest BCUT2D eigenvalue weighted by Crippen LogP contribution is 2.20. The molecule has 16 heavy (non-hydrogen) atoms. The molecule has 0 spiro atoms. The highest BCUT2D eigenvalue weighted by molar-refractivity contribution is 6.31. The van der Waals surface area contributed by atoms with Gasteiger partial charge in [0.2, 0.25) is 0 Å². The van der Waals surface area contributed by atoms with Crippen LogP contribution in [0.25, 0.3) is 0 Å². The van der Waals surface area contributed by atoms with E-state index in [2.05, 4.69) is 20.5 Å². The summed E-state index contributed by atoms with van der Waals surface area (Å²) in [5, 5.41) is 18.8.